The van der Waals surface area contributed by atoms with E-state index in [1.54, 1.807) is 12.1 Å². The largest absolute Gasteiger partial charge is 0.466 e. The highest BCUT2D eigenvalue weighted by Crippen LogP contribution is 2.25. The van der Waals surface area contributed by atoms with Crippen LogP contribution in [-0.2, 0) is 4.57 Å². The van der Waals surface area contributed by atoms with Crippen molar-refractivity contribution in [3.8, 4) is 0 Å². The van der Waals surface area contributed by atoms with Gasteiger partial charge in [0.2, 0.25) is 0 Å². The molecular formula is C6H9BrFN2O4P. The highest BCUT2D eigenvalue weighted by molar-refractivity contribution is 9.10. The molecule has 0 saturated heterocycles. The number of hydrogen-bond donors (Lipinski definition) is 5. The molecule has 0 unspecified atom stereocenters. The van der Waals surface area contributed by atoms with Crippen molar-refractivity contribution >= 4 is 29.4 Å². The summed E-state index contributed by atoms with van der Waals surface area (Å²) >= 11 is 3.12. The fourth-order valence-electron chi connectivity index (χ4n) is 0.607. The van der Waals surface area contributed by atoms with Crippen LogP contribution in [0.5, 0.6) is 0 Å². The first-order valence-electron chi connectivity index (χ1n) is 3.44. The molecule has 0 aliphatic heterocycles. The van der Waals surface area contributed by atoms with Crippen LogP contribution in [0.15, 0.2) is 22.7 Å². The minimum atomic E-state index is -4.64. The zero-order valence-electron chi connectivity index (χ0n) is 7.26. The molecule has 86 valence electrons. The smallest absolute Gasteiger partial charge is 0.321 e. The van der Waals surface area contributed by atoms with Crippen molar-refractivity contribution in [2.45, 2.75) is 0 Å². The second kappa shape index (κ2) is 6.16. The highest BCUT2D eigenvalue weighted by atomic mass is 79.9. The molecule has 0 heterocycles. The van der Waals surface area contributed by atoms with Crippen LogP contribution in [0.4, 0.5) is 10.1 Å². The minimum Gasteiger partial charge on any atom is -0.321 e. The standard InChI is InChI=1S/C6H6BrFN2.H3O4P/c7-4-1-2-6(10-9)5(8)3-4;1-5(2,3)4/h1-3,10H,9H2;(H3,1,2,3,4). The monoisotopic (exact) mass is 302 g/mol. The zero-order chi connectivity index (χ0) is 12.1. The average Bonchev–Trinajstić information content (AvgIpc) is 2.01. The maximum atomic E-state index is 12.7. The second-order valence-electron chi connectivity index (χ2n) is 2.28. The quantitative estimate of drug-likeness (QED) is 0.300. The number of benzene rings is 1. The molecule has 0 radical (unpaired) electrons. The van der Waals surface area contributed by atoms with Gasteiger partial charge in [-0.05, 0) is 18.2 Å². The van der Waals surface area contributed by atoms with E-state index in [1.165, 1.54) is 6.07 Å². The lowest BCUT2D eigenvalue weighted by atomic mass is 10.3. The van der Waals surface area contributed by atoms with E-state index in [4.69, 9.17) is 25.1 Å². The number of hydrazine groups is 1. The van der Waals surface area contributed by atoms with Gasteiger partial charge < -0.3 is 20.1 Å². The third kappa shape index (κ3) is 8.49. The van der Waals surface area contributed by atoms with Gasteiger partial charge in [-0.15, -0.1) is 0 Å². The van der Waals surface area contributed by atoms with Crippen LogP contribution < -0.4 is 11.3 Å². The van der Waals surface area contributed by atoms with Crippen LogP contribution in [0.3, 0.4) is 0 Å². The summed E-state index contributed by atoms with van der Waals surface area (Å²) in [5, 5.41) is 0. The Morgan fingerprint density at radius 1 is 1.40 bits per heavy atom. The number of nitrogens with one attached hydrogen (secondary N) is 1. The molecule has 0 aromatic heterocycles. The first-order chi connectivity index (χ1) is 6.74. The number of rotatable bonds is 1. The third-order valence-corrected chi connectivity index (χ3v) is 1.58. The molecular weight excluding hydrogens is 294 g/mol. The molecule has 0 aliphatic carbocycles. The minimum absolute atomic E-state index is 0.295. The maximum Gasteiger partial charge on any atom is 0.466 e. The summed E-state index contributed by atoms with van der Waals surface area (Å²) < 4.78 is 22.3. The lowest BCUT2D eigenvalue weighted by molar-refractivity contribution is 0.275. The molecule has 1 aromatic rings. The zero-order valence-corrected chi connectivity index (χ0v) is 9.74. The molecule has 15 heavy (non-hydrogen) atoms. The van der Waals surface area contributed by atoms with E-state index in [0.29, 0.717) is 10.2 Å². The van der Waals surface area contributed by atoms with Crippen LogP contribution in [0.1, 0.15) is 0 Å². The molecule has 0 saturated carbocycles. The van der Waals surface area contributed by atoms with Crippen LogP contribution in [-0.4, -0.2) is 14.7 Å². The van der Waals surface area contributed by atoms with Gasteiger partial charge in [-0.25, -0.2) is 8.96 Å². The lowest BCUT2D eigenvalue weighted by Crippen LogP contribution is -2.08. The van der Waals surface area contributed by atoms with E-state index >= 15 is 0 Å². The van der Waals surface area contributed by atoms with Crippen LogP contribution in [0, 0.1) is 5.82 Å². The summed E-state index contributed by atoms with van der Waals surface area (Å²) in [6, 6.07) is 4.60. The van der Waals surface area contributed by atoms with Crippen molar-refractivity contribution in [3.63, 3.8) is 0 Å². The van der Waals surface area contributed by atoms with E-state index in [2.05, 4.69) is 21.4 Å². The van der Waals surface area contributed by atoms with E-state index in [9.17, 15) is 4.39 Å². The van der Waals surface area contributed by atoms with Gasteiger partial charge in [-0.2, -0.15) is 0 Å². The van der Waals surface area contributed by atoms with Gasteiger partial charge in [-0.1, -0.05) is 15.9 Å². The van der Waals surface area contributed by atoms with Gasteiger partial charge in [0.05, 0.1) is 5.69 Å². The Balaban J connectivity index is 0.000000336. The predicted octanol–water partition coefficient (Wildman–Crippen LogP) is 0.945. The molecule has 0 fully saturated rings. The fraction of sp³-hybridized carbons (Fsp3) is 0. The van der Waals surface area contributed by atoms with Crippen molar-refractivity contribution in [1.29, 1.82) is 0 Å². The molecule has 6 nitrogen and oxygen atoms in total. The van der Waals surface area contributed by atoms with Crippen molar-refractivity contribution in [2.75, 3.05) is 5.43 Å². The Morgan fingerprint density at radius 3 is 2.20 bits per heavy atom. The van der Waals surface area contributed by atoms with Gasteiger partial charge in [0.15, 0.2) is 0 Å². The average molecular weight is 303 g/mol. The molecule has 0 aliphatic rings. The predicted molar refractivity (Wildman–Crippen MR) is 56.2 cm³/mol. The van der Waals surface area contributed by atoms with Crippen molar-refractivity contribution in [1.82, 2.24) is 0 Å². The Kier molecular flexibility index (Phi) is 5.96. The molecule has 0 bridgehead atoms. The first kappa shape index (κ1) is 14.5. The van der Waals surface area contributed by atoms with E-state index < -0.39 is 7.82 Å². The highest BCUT2D eigenvalue weighted by Gasteiger charge is 2.00. The molecule has 9 heteroatoms. The summed E-state index contributed by atoms with van der Waals surface area (Å²) in [4.78, 5) is 21.6. The van der Waals surface area contributed by atoms with Crippen molar-refractivity contribution in [2.24, 2.45) is 5.84 Å². The normalized spacial score (nSPS) is 10.3. The van der Waals surface area contributed by atoms with E-state index in [1.807, 2.05) is 0 Å². The summed E-state index contributed by atoms with van der Waals surface area (Å²) in [7, 11) is -4.64. The molecule has 1 aromatic carbocycles. The summed E-state index contributed by atoms with van der Waals surface area (Å²) in [6.45, 7) is 0. The van der Waals surface area contributed by atoms with Crippen LogP contribution >= 0.6 is 23.8 Å². The third-order valence-electron chi connectivity index (χ3n) is 1.09. The second-order valence-corrected chi connectivity index (χ2v) is 4.22. The summed E-state index contributed by atoms with van der Waals surface area (Å²) in [6.07, 6.45) is 0. The number of anilines is 1. The summed E-state index contributed by atoms with van der Waals surface area (Å²) in [5.74, 6) is 4.63. The first-order valence-corrected chi connectivity index (χ1v) is 5.80. The SMILES string of the molecule is NNc1ccc(Br)cc1F.O=P(O)(O)O. The van der Waals surface area contributed by atoms with Gasteiger partial charge in [-0.3, -0.25) is 5.84 Å². The fourth-order valence-corrected chi connectivity index (χ4v) is 0.940. The van der Waals surface area contributed by atoms with E-state index in [0.717, 1.165) is 0 Å². The molecule has 1 rings (SSSR count). The number of halogens is 2. The van der Waals surface area contributed by atoms with Crippen molar-refractivity contribution < 1.29 is 23.6 Å². The number of nitrogen functional groups attached to an aromatic ring is 1. The van der Waals surface area contributed by atoms with Crippen LogP contribution in [0.25, 0.3) is 0 Å². The topological polar surface area (TPSA) is 116 Å². The number of hydrogen-bond acceptors (Lipinski definition) is 3. The molecule has 6 N–H and O–H groups in total. The van der Waals surface area contributed by atoms with Gasteiger partial charge in [0.25, 0.3) is 0 Å². The Bertz CT molecular complexity index is 364. The van der Waals surface area contributed by atoms with Crippen molar-refractivity contribution in [3.05, 3.63) is 28.5 Å². The van der Waals surface area contributed by atoms with Gasteiger partial charge >= 0.3 is 7.82 Å². The Hall–Kier alpha value is -0.500. The van der Waals surface area contributed by atoms with E-state index in [-0.39, 0.29) is 5.82 Å². The van der Waals surface area contributed by atoms with Crippen LogP contribution in [0.2, 0.25) is 0 Å². The number of phosphoric acid groups is 1. The molecule has 0 atom stereocenters. The lowest BCUT2D eigenvalue weighted by Gasteiger charge is -2.00. The molecule has 0 amide bonds. The summed E-state index contributed by atoms with van der Waals surface area (Å²) in [5.41, 5.74) is 2.52. The number of nitrogens with two attached hydrogens (primary N) is 1. The van der Waals surface area contributed by atoms with Gasteiger partial charge in [0.1, 0.15) is 5.82 Å². The Labute approximate surface area is 93.3 Å². The maximum absolute atomic E-state index is 12.7. The van der Waals surface area contributed by atoms with Gasteiger partial charge in [0, 0.05) is 4.47 Å². The Morgan fingerprint density at radius 2 is 1.87 bits per heavy atom. The molecule has 0 spiro atoms.